The van der Waals surface area contributed by atoms with Gasteiger partial charge in [0.15, 0.2) is 5.13 Å². The number of fused-ring (bicyclic) bond motifs is 1. The summed E-state index contributed by atoms with van der Waals surface area (Å²) in [6.07, 6.45) is 1.47. The van der Waals surface area contributed by atoms with Crippen LogP contribution in [0.1, 0.15) is 44.7 Å². The van der Waals surface area contributed by atoms with E-state index in [2.05, 4.69) is 46.5 Å². The molecule has 2 N–H and O–H groups in total. The Kier molecular flexibility index (Phi) is 7.63. The molecule has 0 radical (unpaired) electrons. The number of carbonyl (C=O) groups is 2. The lowest BCUT2D eigenvalue weighted by Crippen LogP contribution is -2.22. The second kappa shape index (κ2) is 10.4. The number of nitrogens with one attached hydrogen (secondary N) is 2. The Hall–Kier alpha value is -2.93. The quantitative estimate of drug-likeness (QED) is 0.471. The summed E-state index contributed by atoms with van der Waals surface area (Å²) >= 11 is 1.45. The fraction of sp³-hybridized carbons (Fsp3) is 0.375. The fourth-order valence-corrected chi connectivity index (χ4v) is 4.38. The van der Waals surface area contributed by atoms with Crippen molar-refractivity contribution < 1.29 is 9.59 Å². The number of aryl methyl sites for hydroxylation is 2. The highest BCUT2D eigenvalue weighted by atomic mass is 32.1. The van der Waals surface area contributed by atoms with E-state index in [0.717, 1.165) is 40.1 Å². The lowest BCUT2D eigenvalue weighted by atomic mass is 10.1. The second-order valence-electron chi connectivity index (χ2n) is 7.44. The zero-order chi connectivity index (χ0) is 22.4. The Labute approximate surface area is 187 Å². The van der Waals surface area contributed by atoms with Crippen LogP contribution in [-0.2, 0) is 16.0 Å². The van der Waals surface area contributed by atoms with Crippen molar-refractivity contribution in [3.8, 4) is 0 Å². The molecule has 0 aliphatic heterocycles. The van der Waals surface area contributed by atoms with Crippen molar-refractivity contribution in [3.63, 3.8) is 0 Å². The molecular formula is C24H30N4O2S. The smallest absolute Gasteiger partial charge is 0.225 e. The normalized spacial score (nSPS) is 10.8. The number of anilines is 3. The molecule has 3 aromatic rings. The van der Waals surface area contributed by atoms with Crippen LogP contribution >= 0.6 is 11.3 Å². The molecule has 164 valence electrons. The summed E-state index contributed by atoms with van der Waals surface area (Å²) in [4.78, 5) is 30.8. The molecule has 0 aliphatic rings. The summed E-state index contributed by atoms with van der Waals surface area (Å²) in [5.41, 5.74) is 5.02. The second-order valence-corrected chi connectivity index (χ2v) is 8.47. The van der Waals surface area contributed by atoms with E-state index in [4.69, 9.17) is 0 Å². The molecule has 0 fully saturated rings. The Morgan fingerprint density at radius 3 is 2.45 bits per heavy atom. The number of nitrogens with zero attached hydrogens (tertiary/aromatic N) is 2. The highest BCUT2D eigenvalue weighted by Gasteiger charge is 2.10. The SMILES string of the molecule is CCC(=O)Nc1nc2ccc(CCC(=O)Nc3ccc(N(CC)CC)cc3C)cc2s1. The first kappa shape index (κ1) is 22.7. The molecule has 1 aromatic heterocycles. The van der Waals surface area contributed by atoms with Crippen molar-refractivity contribution in [1.82, 2.24) is 4.98 Å². The van der Waals surface area contributed by atoms with Crippen LogP contribution in [0.15, 0.2) is 36.4 Å². The van der Waals surface area contributed by atoms with Gasteiger partial charge in [-0.05, 0) is 68.7 Å². The number of benzene rings is 2. The first-order valence-electron chi connectivity index (χ1n) is 10.8. The summed E-state index contributed by atoms with van der Waals surface area (Å²) in [6.45, 7) is 10.0. The Morgan fingerprint density at radius 2 is 1.77 bits per heavy atom. The van der Waals surface area contributed by atoms with Crippen molar-refractivity contribution in [2.24, 2.45) is 0 Å². The van der Waals surface area contributed by atoms with Crippen molar-refractivity contribution >= 4 is 49.9 Å². The summed E-state index contributed by atoms with van der Waals surface area (Å²) in [5.74, 6) is -0.0460. The maximum Gasteiger partial charge on any atom is 0.225 e. The Bertz CT molecular complexity index is 1070. The minimum atomic E-state index is -0.0450. The summed E-state index contributed by atoms with van der Waals surface area (Å²) in [6, 6.07) is 12.1. The number of rotatable bonds is 9. The van der Waals surface area contributed by atoms with E-state index >= 15 is 0 Å². The number of hydrogen-bond acceptors (Lipinski definition) is 5. The first-order chi connectivity index (χ1) is 14.9. The molecule has 2 aromatic carbocycles. The molecule has 0 aliphatic carbocycles. The van der Waals surface area contributed by atoms with E-state index in [1.54, 1.807) is 0 Å². The number of amides is 2. The molecular weight excluding hydrogens is 408 g/mol. The van der Waals surface area contributed by atoms with Crippen molar-refractivity contribution in [1.29, 1.82) is 0 Å². The lowest BCUT2D eigenvalue weighted by molar-refractivity contribution is -0.116. The molecule has 31 heavy (non-hydrogen) atoms. The Balaban J connectivity index is 1.60. The van der Waals surface area contributed by atoms with Crippen LogP contribution in [0.2, 0.25) is 0 Å². The van der Waals surface area contributed by atoms with Gasteiger partial charge in [0.05, 0.1) is 10.2 Å². The molecule has 0 bridgehead atoms. The van der Waals surface area contributed by atoms with Gasteiger partial charge in [0.2, 0.25) is 11.8 Å². The highest BCUT2D eigenvalue weighted by Crippen LogP contribution is 2.27. The van der Waals surface area contributed by atoms with Gasteiger partial charge in [0.25, 0.3) is 0 Å². The summed E-state index contributed by atoms with van der Waals surface area (Å²) in [5, 5.41) is 6.45. The molecule has 0 saturated carbocycles. The van der Waals surface area contributed by atoms with E-state index in [0.29, 0.717) is 24.4 Å². The zero-order valence-electron chi connectivity index (χ0n) is 18.6. The largest absolute Gasteiger partial charge is 0.372 e. The number of hydrogen-bond donors (Lipinski definition) is 2. The lowest BCUT2D eigenvalue weighted by Gasteiger charge is -2.22. The van der Waals surface area contributed by atoms with E-state index in [1.807, 2.05) is 38.1 Å². The minimum absolute atomic E-state index is 0.000936. The van der Waals surface area contributed by atoms with Gasteiger partial charge in [-0.2, -0.15) is 0 Å². The predicted octanol–water partition coefficient (Wildman–Crippen LogP) is 5.37. The summed E-state index contributed by atoms with van der Waals surface area (Å²) < 4.78 is 1.01. The maximum absolute atomic E-state index is 12.5. The topological polar surface area (TPSA) is 74.3 Å². The van der Waals surface area contributed by atoms with Gasteiger partial charge in [-0.25, -0.2) is 4.98 Å². The number of thiazole rings is 1. The molecule has 2 amide bonds. The van der Waals surface area contributed by atoms with Gasteiger partial charge in [0.1, 0.15) is 0 Å². The average Bonchev–Trinajstić information content (AvgIpc) is 3.16. The third-order valence-electron chi connectivity index (χ3n) is 5.27. The van der Waals surface area contributed by atoms with E-state index < -0.39 is 0 Å². The fourth-order valence-electron chi connectivity index (χ4n) is 3.43. The third kappa shape index (κ3) is 5.82. The van der Waals surface area contributed by atoms with Crippen molar-refractivity contribution in [2.45, 2.75) is 47.0 Å². The van der Waals surface area contributed by atoms with Crippen LogP contribution in [0.3, 0.4) is 0 Å². The van der Waals surface area contributed by atoms with E-state index in [-0.39, 0.29) is 11.8 Å². The number of aromatic nitrogens is 1. The van der Waals surface area contributed by atoms with Gasteiger partial charge in [-0.15, -0.1) is 0 Å². The van der Waals surface area contributed by atoms with Gasteiger partial charge < -0.3 is 15.5 Å². The van der Waals surface area contributed by atoms with E-state index in [9.17, 15) is 9.59 Å². The van der Waals surface area contributed by atoms with Gasteiger partial charge in [-0.1, -0.05) is 24.3 Å². The van der Waals surface area contributed by atoms with Crippen LogP contribution < -0.4 is 15.5 Å². The van der Waals surface area contributed by atoms with E-state index in [1.165, 1.54) is 17.0 Å². The van der Waals surface area contributed by atoms with Gasteiger partial charge in [0, 0.05) is 37.3 Å². The minimum Gasteiger partial charge on any atom is -0.372 e. The predicted molar refractivity (Wildman–Crippen MR) is 130 cm³/mol. The van der Waals surface area contributed by atoms with Crippen molar-refractivity contribution in [3.05, 3.63) is 47.5 Å². The third-order valence-corrected chi connectivity index (χ3v) is 6.21. The van der Waals surface area contributed by atoms with Gasteiger partial charge in [-0.3, -0.25) is 9.59 Å². The molecule has 0 spiro atoms. The molecule has 0 unspecified atom stereocenters. The molecule has 6 nitrogen and oxygen atoms in total. The molecule has 3 rings (SSSR count). The molecule has 7 heteroatoms. The standard InChI is InChI=1S/C24H30N4O2S/c1-5-22(29)27-24-26-20-11-8-17(15-21(20)31-24)9-13-23(30)25-19-12-10-18(14-16(19)4)28(6-2)7-3/h8,10-12,14-15H,5-7,9,13H2,1-4H3,(H,25,30)(H,26,27,29). The monoisotopic (exact) mass is 438 g/mol. The molecule has 0 saturated heterocycles. The van der Waals surface area contributed by atoms with Crippen LogP contribution in [0.25, 0.3) is 10.2 Å². The Morgan fingerprint density at radius 1 is 1.00 bits per heavy atom. The molecule has 0 atom stereocenters. The average molecular weight is 439 g/mol. The number of carbonyl (C=O) groups excluding carboxylic acids is 2. The molecule has 1 heterocycles. The van der Waals surface area contributed by atoms with Crippen LogP contribution in [0.4, 0.5) is 16.5 Å². The maximum atomic E-state index is 12.5. The van der Waals surface area contributed by atoms with Crippen LogP contribution in [0.5, 0.6) is 0 Å². The van der Waals surface area contributed by atoms with Crippen LogP contribution in [0, 0.1) is 6.92 Å². The van der Waals surface area contributed by atoms with Crippen LogP contribution in [-0.4, -0.2) is 29.9 Å². The highest BCUT2D eigenvalue weighted by molar-refractivity contribution is 7.22. The van der Waals surface area contributed by atoms with Crippen molar-refractivity contribution in [2.75, 3.05) is 28.6 Å². The summed E-state index contributed by atoms with van der Waals surface area (Å²) in [7, 11) is 0. The zero-order valence-corrected chi connectivity index (χ0v) is 19.4. The first-order valence-corrected chi connectivity index (χ1v) is 11.6. The van der Waals surface area contributed by atoms with Gasteiger partial charge >= 0.3 is 0 Å².